The summed E-state index contributed by atoms with van der Waals surface area (Å²) >= 11 is 5.95. The molecule has 0 spiro atoms. The van der Waals surface area contributed by atoms with Gasteiger partial charge in [-0.25, -0.2) is 0 Å². The summed E-state index contributed by atoms with van der Waals surface area (Å²) in [6.07, 6.45) is 0.483. The largest absolute Gasteiger partial charge is 0.315 e. The van der Waals surface area contributed by atoms with Gasteiger partial charge in [-0.2, -0.15) is 0 Å². The molecule has 1 aliphatic heterocycles. The van der Waals surface area contributed by atoms with Crippen molar-refractivity contribution in [1.29, 1.82) is 0 Å². The lowest BCUT2D eigenvalue weighted by Crippen LogP contribution is -2.20. The number of likely N-dealkylation sites (N-methyl/N-ethyl adjacent to an activating group) is 1. The van der Waals surface area contributed by atoms with Crippen molar-refractivity contribution in [3.63, 3.8) is 0 Å². The Hall–Kier alpha value is -1.84. The van der Waals surface area contributed by atoms with Crippen LogP contribution in [0.15, 0.2) is 42.5 Å². The number of hydrogen-bond acceptors (Lipinski definition) is 2. The Morgan fingerprint density at radius 3 is 2.48 bits per heavy atom. The molecule has 1 atom stereocenters. The number of carbonyl (C=O) groups excluding carboxylic acids is 1. The standard InChI is InChI=1S/C17H17ClN2O/c1-19-17(11-3-6-14(18)7-4-11)12-5-8-15-13(9-12)10-16(21)20(15)2/h3-9,17,19H,10H2,1-2H3. The number of halogens is 1. The summed E-state index contributed by atoms with van der Waals surface area (Å²) in [7, 11) is 3.76. The number of amides is 1. The van der Waals surface area contributed by atoms with Crippen molar-refractivity contribution < 1.29 is 4.79 Å². The fourth-order valence-electron chi connectivity index (χ4n) is 2.85. The fraction of sp³-hybridized carbons (Fsp3) is 0.235. The minimum absolute atomic E-state index is 0.0913. The Bertz CT molecular complexity index is 682. The highest BCUT2D eigenvalue weighted by atomic mass is 35.5. The van der Waals surface area contributed by atoms with Gasteiger partial charge in [0.2, 0.25) is 5.91 Å². The maximum Gasteiger partial charge on any atom is 0.231 e. The maximum atomic E-state index is 11.8. The van der Waals surface area contributed by atoms with Crippen LogP contribution in [0.4, 0.5) is 5.69 Å². The van der Waals surface area contributed by atoms with Crippen molar-refractivity contribution in [1.82, 2.24) is 5.32 Å². The zero-order chi connectivity index (χ0) is 15.0. The van der Waals surface area contributed by atoms with E-state index in [1.54, 1.807) is 4.90 Å². The molecule has 1 heterocycles. The van der Waals surface area contributed by atoms with Gasteiger partial charge >= 0.3 is 0 Å². The zero-order valence-electron chi connectivity index (χ0n) is 12.1. The van der Waals surface area contributed by atoms with E-state index in [9.17, 15) is 4.79 Å². The molecule has 0 bridgehead atoms. The van der Waals surface area contributed by atoms with Crippen molar-refractivity contribution in [2.24, 2.45) is 0 Å². The average Bonchev–Trinajstić information content (AvgIpc) is 2.77. The lowest BCUT2D eigenvalue weighted by molar-refractivity contribution is -0.117. The molecule has 4 heteroatoms. The van der Waals surface area contributed by atoms with E-state index in [0.29, 0.717) is 6.42 Å². The fourth-order valence-corrected chi connectivity index (χ4v) is 2.98. The summed E-state index contributed by atoms with van der Waals surface area (Å²) in [6, 6.07) is 14.1. The van der Waals surface area contributed by atoms with E-state index in [-0.39, 0.29) is 11.9 Å². The number of carbonyl (C=O) groups is 1. The third-order valence-corrected chi connectivity index (χ3v) is 4.26. The van der Waals surface area contributed by atoms with Crippen LogP contribution in [-0.2, 0) is 11.2 Å². The second-order valence-corrected chi connectivity index (χ2v) is 5.73. The lowest BCUT2D eigenvalue weighted by atomic mass is 9.96. The topological polar surface area (TPSA) is 32.3 Å². The second-order valence-electron chi connectivity index (χ2n) is 5.29. The molecule has 3 rings (SSSR count). The van der Waals surface area contributed by atoms with Crippen LogP contribution in [0.2, 0.25) is 5.02 Å². The Balaban J connectivity index is 1.97. The highest BCUT2D eigenvalue weighted by Gasteiger charge is 2.25. The summed E-state index contributed by atoms with van der Waals surface area (Å²) in [5.74, 6) is 0.148. The van der Waals surface area contributed by atoms with Crippen LogP contribution >= 0.6 is 11.6 Å². The number of fused-ring (bicyclic) bond motifs is 1. The molecular weight excluding hydrogens is 284 g/mol. The lowest BCUT2D eigenvalue weighted by Gasteiger charge is -2.19. The molecule has 1 aliphatic rings. The molecule has 0 saturated heterocycles. The molecule has 108 valence electrons. The van der Waals surface area contributed by atoms with Gasteiger partial charge in [0.25, 0.3) is 0 Å². The van der Waals surface area contributed by atoms with Gasteiger partial charge in [0.15, 0.2) is 0 Å². The van der Waals surface area contributed by atoms with E-state index in [4.69, 9.17) is 11.6 Å². The molecule has 1 N–H and O–H groups in total. The van der Waals surface area contributed by atoms with Crippen molar-refractivity contribution >= 4 is 23.2 Å². The molecule has 0 aliphatic carbocycles. The highest BCUT2D eigenvalue weighted by Crippen LogP contribution is 2.32. The summed E-state index contributed by atoms with van der Waals surface area (Å²) < 4.78 is 0. The number of rotatable bonds is 3. The third kappa shape index (κ3) is 2.55. The van der Waals surface area contributed by atoms with Crippen LogP contribution in [-0.4, -0.2) is 20.0 Å². The SMILES string of the molecule is CNC(c1ccc(Cl)cc1)c1ccc2c(c1)CC(=O)N2C. The molecule has 2 aromatic rings. The quantitative estimate of drug-likeness (QED) is 0.944. The van der Waals surface area contributed by atoms with Gasteiger partial charge in [0.1, 0.15) is 0 Å². The minimum atomic E-state index is 0.0913. The van der Waals surface area contributed by atoms with Crippen molar-refractivity contribution in [3.8, 4) is 0 Å². The summed E-state index contributed by atoms with van der Waals surface area (Å²) in [6.45, 7) is 0. The molecule has 1 amide bonds. The van der Waals surface area contributed by atoms with E-state index >= 15 is 0 Å². The molecule has 3 nitrogen and oxygen atoms in total. The monoisotopic (exact) mass is 300 g/mol. The predicted octanol–water partition coefficient (Wildman–Crippen LogP) is 3.17. The number of benzene rings is 2. The van der Waals surface area contributed by atoms with Crippen molar-refractivity contribution in [3.05, 3.63) is 64.2 Å². The number of nitrogens with zero attached hydrogens (tertiary/aromatic N) is 1. The van der Waals surface area contributed by atoms with Gasteiger partial charge in [-0.3, -0.25) is 4.79 Å². The summed E-state index contributed by atoms with van der Waals surface area (Å²) in [5, 5.41) is 4.06. The first-order valence-corrected chi connectivity index (χ1v) is 7.30. The van der Waals surface area contributed by atoms with Crippen LogP contribution in [0.25, 0.3) is 0 Å². The van der Waals surface area contributed by atoms with E-state index in [1.165, 1.54) is 0 Å². The number of anilines is 1. The Kier molecular flexibility index (Phi) is 3.70. The summed E-state index contributed by atoms with van der Waals surface area (Å²) in [4.78, 5) is 13.5. The van der Waals surface area contributed by atoms with Crippen LogP contribution in [0.3, 0.4) is 0 Å². The van der Waals surface area contributed by atoms with E-state index in [0.717, 1.165) is 27.4 Å². The molecule has 0 radical (unpaired) electrons. The predicted molar refractivity (Wildman–Crippen MR) is 85.9 cm³/mol. The third-order valence-electron chi connectivity index (χ3n) is 4.01. The smallest absolute Gasteiger partial charge is 0.231 e. The number of hydrogen-bond donors (Lipinski definition) is 1. The normalized spacial score (nSPS) is 15.2. The van der Waals surface area contributed by atoms with E-state index in [2.05, 4.69) is 17.4 Å². The molecule has 0 saturated carbocycles. The van der Waals surface area contributed by atoms with Crippen LogP contribution in [0.1, 0.15) is 22.7 Å². The van der Waals surface area contributed by atoms with Crippen molar-refractivity contribution in [2.45, 2.75) is 12.5 Å². The number of nitrogens with one attached hydrogen (secondary N) is 1. The second kappa shape index (κ2) is 5.51. The molecular formula is C17H17ClN2O. The van der Waals surface area contributed by atoms with Gasteiger partial charge in [-0.1, -0.05) is 35.9 Å². The van der Waals surface area contributed by atoms with Crippen LogP contribution < -0.4 is 10.2 Å². The first-order valence-electron chi connectivity index (χ1n) is 6.92. The van der Waals surface area contributed by atoms with Gasteiger partial charge in [0, 0.05) is 17.8 Å². The molecule has 21 heavy (non-hydrogen) atoms. The van der Waals surface area contributed by atoms with Gasteiger partial charge in [-0.05, 0) is 41.9 Å². The average molecular weight is 301 g/mol. The Morgan fingerprint density at radius 1 is 1.14 bits per heavy atom. The van der Waals surface area contributed by atoms with E-state index < -0.39 is 0 Å². The van der Waals surface area contributed by atoms with Gasteiger partial charge < -0.3 is 10.2 Å². The Morgan fingerprint density at radius 2 is 1.81 bits per heavy atom. The Labute approximate surface area is 129 Å². The molecule has 0 fully saturated rings. The van der Waals surface area contributed by atoms with E-state index in [1.807, 2.05) is 44.4 Å². The van der Waals surface area contributed by atoms with Crippen LogP contribution in [0, 0.1) is 0 Å². The zero-order valence-corrected chi connectivity index (χ0v) is 12.8. The molecule has 0 aromatic heterocycles. The van der Waals surface area contributed by atoms with Crippen molar-refractivity contribution in [2.75, 3.05) is 19.0 Å². The first kappa shape index (κ1) is 14.1. The van der Waals surface area contributed by atoms with Gasteiger partial charge in [-0.15, -0.1) is 0 Å². The first-order chi connectivity index (χ1) is 10.1. The summed E-state index contributed by atoms with van der Waals surface area (Å²) in [5.41, 5.74) is 4.41. The molecule has 2 aromatic carbocycles. The molecule has 1 unspecified atom stereocenters. The highest BCUT2D eigenvalue weighted by molar-refractivity contribution is 6.30. The minimum Gasteiger partial charge on any atom is -0.315 e. The van der Waals surface area contributed by atoms with Gasteiger partial charge in [0.05, 0.1) is 12.5 Å². The van der Waals surface area contributed by atoms with Crippen LogP contribution in [0.5, 0.6) is 0 Å². The maximum absolute atomic E-state index is 11.8.